The Labute approximate surface area is 100.0 Å². The van der Waals surface area contributed by atoms with E-state index in [0.717, 1.165) is 4.90 Å². The van der Waals surface area contributed by atoms with E-state index in [1.165, 1.54) is 7.05 Å². The van der Waals surface area contributed by atoms with Gasteiger partial charge < -0.3 is 5.11 Å². The first kappa shape index (κ1) is 13.6. The molecule has 6 heteroatoms. The van der Waals surface area contributed by atoms with Crippen molar-refractivity contribution in [3.8, 4) is 0 Å². The fourth-order valence-corrected chi connectivity index (χ4v) is 2.02. The molecule has 0 spiro atoms. The van der Waals surface area contributed by atoms with Gasteiger partial charge in [-0.1, -0.05) is 13.8 Å². The number of likely N-dealkylation sites (N-methyl/N-ethyl adjacent to an activating group) is 1. The molecule has 2 amide bonds. The Bertz CT molecular complexity index is 349. The summed E-state index contributed by atoms with van der Waals surface area (Å²) >= 11 is 0. The number of carbonyl (C=O) groups excluding carboxylic acids is 2. The van der Waals surface area contributed by atoms with E-state index in [4.69, 9.17) is 0 Å². The van der Waals surface area contributed by atoms with Crippen molar-refractivity contribution in [2.75, 3.05) is 7.05 Å². The summed E-state index contributed by atoms with van der Waals surface area (Å²) in [5.74, 6) is -1.63. The molecule has 1 atom stereocenters. The van der Waals surface area contributed by atoms with E-state index in [0.29, 0.717) is 12.8 Å². The number of likely N-dealkylation sites (tertiary alicyclic amines) is 1. The van der Waals surface area contributed by atoms with Gasteiger partial charge in [0.25, 0.3) is 0 Å². The third kappa shape index (κ3) is 2.31. The summed E-state index contributed by atoms with van der Waals surface area (Å²) in [6.07, 6.45) is 0.755. The number of hydrogen-bond acceptors (Lipinski definition) is 4. The van der Waals surface area contributed by atoms with Gasteiger partial charge in [0.1, 0.15) is 5.54 Å². The lowest BCUT2D eigenvalue weighted by Crippen LogP contribution is -2.57. The highest BCUT2D eigenvalue weighted by atomic mass is 16.4. The van der Waals surface area contributed by atoms with Crippen LogP contribution >= 0.6 is 0 Å². The van der Waals surface area contributed by atoms with Gasteiger partial charge >= 0.3 is 5.97 Å². The van der Waals surface area contributed by atoms with Crippen LogP contribution in [0, 0.1) is 0 Å². The Kier molecular flexibility index (Phi) is 3.87. The van der Waals surface area contributed by atoms with Crippen LogP contribution in [-0.2, 0) is 14.4 Å². The Morgan fingerprint density at radius 1 is 1.47 bits per heavy atom. The predicted molar refractivity (Wildman–Crippen MR) is 60.3 cm³/mol. The van der Waals surface area contributed by atoms with Crippen molar-refractivity contribution in [2.45, 2.75) is 44.7 Å². The maximum absolute atomic E-state index is 11.7. The minimum absolute atomic E-state index is 0.0321. The highest BCUT2D eigenvalue weighted by Crippen LogP contribution is 2.20. The number of hydrogen-bond donors (Lipinski definition) is 2. The van der Waals surface area contributed by atoms with E-state index in [9.17, 15) is 19.5 Å². The van der Waals surface area contributed by atoms with Crippen molar-refractivity contribution in [1.29, 1.82) is 0 Å². The van der Waals surface area contributed by atoms with Crippen molar-refractivity contribution in [1.82, 2.24) is 10.2 Å². The van der Waals surface area contributed by atoms with Crippen molar-refractivity contribution >= 4 is 17.8 Å². The number of carboxylic acid groups (broad SMARTS) is 1. The monoisotopic (exact) mass is 242 g/mol. The summed E-state index contributed by atoms with van der Waals surface area (Å²) in [6.45, 7) is 3.49. The van der Waals surface area contributed by atoms with Crippen LogP contribution in [0.5, 0.6) is 0 Å². The highest BCUT2D eigenvalue weighted by Gasteiger charge is 2.43. The van der Waals surface area contributed by atoms with Crippen molar-refractivity contribution in [3.05, 3.63) is 0 Å². The van der Waals surface area contributed by atoms with E-state index < -0.39 is 17.6 Å². The SMILES string of the molecule is CCC(CC)(NC1CC(=O)N(C)C1=O)C(=O)O. The summed E-state index contributed by atoms with van der Waals surface area (Å²) in [4.78, 5) is 35.3. The Morgan fingerprint density at radius 2 is 2.00 bits per heavy atom. The molecular formula is C11H18N2O4. The first-order valence-corrected chi connectivity index (χ1v) is 5.69. The van der Waals surface area contributed by atoms with E-state index in [-0.39, 0.29) is 18.2 Å². The minimum atomic E-state index is -1.13. The van der Waals surface area contributed by atoms with Gasteiger partial charge in [0.2, 0.25) is 11.8 Å². The average Bonchev–Trinajstić information content (AvgIpc) is 2.53. The van der Waals surface area contributed by atoms with Gasteiger partial charge in [-0.25, -0.2) is 0 Å². The topological polar surface area (TPSA) is 86.7 Å². The second-order valence-corrected chi connectivity index (χ2v) is 4.29. The molecule has 0 bridgehead atoms. The summed E-state index contributed by atoms with van der Waals surface area (Å²) in [7, 11) is 1.41. The number of aliphatic carboxylic acids is 1. The molecule has 0 aromatic carbocycles. The summed E-state index contributed by atoms with van der Waals surface area (Å²) in [5, 5.41) is 12.1. The highest BCUT2D eigenvalue weighted by molar-refractivity contribution is 6.05. The third-order valence-corrected chi connectivity index (χ3v) is 3.45. The summed E-state index contributed by atoms with van der Waals surface area (Å²) in [6, 6.07) is -0.719. The lowest BCUT2D eigenvalue weighted by molar-refractivity contribution is -0.146. The third-order valence-electron chi connectivity index (χ3n) is 3.45. The largest absolute Gasteiger partial charge is 0.480 e. The van der Waals surface area contributed by atoms with E-state index >= 15 is 0 Å². The molecule has 1 saturated heterocycles. The molecule has 1 heterocycles. The normalized spacial score (nSPS) is 21.1. The number of rotatable bonds is 5. The zero-order chi connectivity index (χ0) is 13.2. The van der Waals surface area contributed by atoms with Crippen LogP contribution in [-0.4, -0.2) is 46.4 Å². The zero-order valence-corrected chi connectivity index (χ0v) is 10.3. The second-order valence-electron chi connectivity index (χ2n) is 4.29. The molecule has 1 rings (SSSR count). The maximum atomic E-state index is 11.7. The molecule has 0 saturated carbocycles. The maximum Gasteiger partial charge on any atom is 0.323 e. The molecule has 1 unspecified atom stereocenters. The number of amides is 2. The number of nitrogens with one attached hydrogen (secondary N) is 1. The number of imide groups is 1. The van der Waals surface area contributed by atoms with Gasteiger partial charge in [0, 0.05) is 7.05 Å². The molecule has 1 aliphatic rings. The smallest absolute Gasteiger partial charge is 0.323 e. The van der Waals surface area contributed by atoms with E-state index in [2.05, 4.69) is 5.32 Å². The second kappa shape index (κ2) is 4.83. The molecule has 0 radical (unpaired) electrons. The molecule has 0 aliphatic carbocycles. The van der Waals surface area contributed by atoms with Gasteiger partial charge in [-0.3, -0.25) is 24.6 Å². The Morgan fingerprint density at radius 3 is 2.29 bits per heavy atom. The van der Waals surface area contributed by atoms with Gasteiger partial charge in [-0.05, 0) is 12.8 Å². The molecule has 1 aliphatic heterocycles. The number of nitrogens with zero attached hydrogens (tertiary/aromatic N) is 1. The van der Waals surface area contributed by atoms with Crippen molar-refractivity contribution in [2.24, 2.45) is 0 Å². The van der Waals surface area contributed by atoms with Crippen molar-refractivity contribution < 1.29 is 19.5 Å². The van der Waals surface area contributed by atoms with Gasteiger partial charge in [-0.15, -0.1) is 0 Å². The first-order valence-electron chi connectivity index (χ1n) is 5.69. The molecule has 6 nitrogen and oxygen atoms in total. The van der Waals surface area contributed by atoms with Crippen LogP contribution in [0.3, 0.4) is 0 Å². The van der Waals surface area contributed by atoms with Crippen LogP contribution in [0.4, 0.5) is 0 Å². The summed E-state index contributed by atoms with van der Waals surface area (Å²) in [5.41, 5.74) is -1.13. The Balaban J connectivity index is 2.86. The molecule has 17 heavy (non-hydrogen) atoms. The quantitative estimate of drug-likeness (QED) is 0.661. The van der Waals surface area contributed by atoms with Crippen LogP contribution in [0.25, 0.3) is 0 Å². The fourth-order valence-electron chi connectivity index (χ4n) is 2.02. The molecule has 0 aromatic rings. The first-order chi connectivity index (χ1) is 7.88. The predicted octanol–water partition coefficient (Wildman–Crippen LogP) is -0.0233. The standard InChI is InChI=1S/C11H18N2O4/c1-4-11(5-2,10(16)17)12-7-6-8(14)13(3)9(7)15/h7,12H,4-6H2,1-3H3,(H,16,17). The van der Waals surface area contributed by atoms with E-state index in [1.54, 1.807) is 13.8 Å². The van der Waals surface area contributed by atoms with Crippen LogP contribution in [0.1, 0.15) is 33.1 Å². The number of carbonyl (C=O) groups is 3. The minimum Gasteiger partial charge on any atom is -0.480 e. The van der Waals surface area contributed by atoms with Gasteiger partial charge in [0.15, 0.2) is 0 Å². The van der Waals surface area contributed by atoms with Crippen LogP contribution < -0.4 is 5.32 Å². The molecule has 1 fully saturated rings. The van der Waals surface area contributed by atoms with Crippen LogP contribution in [0.2, 0.25) is 0 Å². The lowest BCUT2D eigenvalue weighted by Gasteiger charge is -2.30. The molecular weight excluding hydrogens is 224 g/mol. The fraction of sp³-hybridized carbons (Fsp3) is 0.727. The Hall–Kier alpha value is -1.43. The van der Waals surface area contributed by atoms with E-state index in [1.807, 2.05) is 0 Å². The van der Waals surface area contributed by atoms with Gasteiger partial charge in [0.05, 0.1) is 12.5 Å². The summed E-state index contributed by atoms with van der Waals surface area (Å²) < 4.78 is 0. The molecule has 96 valence electrons. The zero-order valence-electron chi connectivity index (χ0n) is 10.3. The van der Waals surface area contributed by atoms with Gasteiger partial charge in [-0.2, -0.15) is 0 Å². The molecule has 0 aromatic heterocycles. The van der Waals surface area contributed by atoms with Crippen molar-refractivity contribution in [3.63, 3.8) is 0 Å². The lowest BCUT2D eigenvalue weighted by atomic mass is 9.91. The average molecular weight is 242 g/mol. The number of carboxylic acids is 1. The van der Waals surface area contributed by atoms with Crippen LogP contribution in [0.15, 0.2) is 0 Å². The molecule has 2 N–H and O–H groups in total.